The molecule has 1 atom stereocenters. The summed E-state index contributed by atoms with van der Waals surface area (Å²) in [6.07, 6.45) is 0.901. The summed E-state index contributed by atoms with van der Waals surface area (Å²) in [7, 11) is 0. The Morgan fingerprint density at radius 2 is 2.31 bits per heavy atom. The zero-order valence-corrected chi connectivity index (χ0v) is 8.82. The van der Waals surface area contributed by atoms with Crippen LogP contribution in [0.25, 0.3) is 0 Å². The second-order valence-electron chi connectivity index (χ2n) is 2.74. The van der Waals surface area contributed by atoms with Gasteiger partial charge in [0.25, 0.3) is 0 Å². The Morgan fingerprint density at radius 3 is 2.77 bits per heavy atom. The van der Waals surface area contributed by atoms with Gasteiger partial charge >= 0.3 is 0 Å². The Kier molecular flexibility index (Phi) is 6.44. The summed E-state index contributed by atoms with van der Waals surface area (Å²) in [6.45, 7) is 4.38. The molecule has 0 aromatic carbocycles. The van der Waals surface area contributed by atoms with Gasteiger partial charge in [0.05, 0.1) is 11.0 Å². The first-order chi connectivity index (χ1) is 6.07. The third kappa shape index (κ3) is 6.48. The second-order valence-corrected chi connectivity index (χ2v) is 3.22. The lowest BCUT2D eigenvalue weighted by Crippen LogP contribution is -2.42. The van der Waals surface area contributed by atoms with E-state index in [0.29, 0.717) is 6.61 Å². The minimum Gasteiger partial charge on any atom is -0.392 e. The molecule has 0 heterocycles. The van der Waals surface area contributed by atoms with Gasteiger partial charge in [0.15, 0.2) is 0 Å². The van der Waals surface area contributed by atoms with Gasteiger partial charge in [-0.1, -0.05) is 19.1 Å². The zero-order chi connectivity index (χ0) is 10.3. The maximum atomic E-state index is 11.1. The van der Waals surface area contributed by atoms with Crippen molar-refractivity contribution in [3.05, 3.63) is 0 Å². The van der Waals surface area contributed by atoms with Gasteiger partial charge in [0.1, 0.15) is 6.61 Å². The van der Waals surface area contributed by atoms with Crippen molar-refractivity contribution in [3.8, 4) is 0 Å². The van der Waals surface area contributed by atoms with Crippen LogP contribution >= 0.6 is 12.2 Å². The first-order valence-electron chi connectivity index (χ1n) is 4.24. The number of hydrogen-bond acceptors (Lipinski definition) is 3. The van der Waals surface area contributed by atoms with Crippen LogP contribution in [0, 0.1) is 0 Å². The van der Waals surface area contributed by atoms with Crippen LogP contribution in [0.1, 0.15) is 20.3 Å². The van der Waals surface area contributed by atoms with E-state index in [4.69, 9.17) is 22.7 Å². The van der Waals surface area contributed by atoms with E-state index in [2.05, 4.69) is 5.32 Å². The summed E-state index contributed by atoms with van der Waals surface area (Å²) in [5, 5.41) is 2.61. The Morgan fingerprint density at radius 1 is 1.69 bits per heavy atom. The molecule has 0 bridgehead atoms. The molecule has 0 aliphatic carbocycles. The maximum absolute atomic E-state index is 11.1. The molecule has 0 spiro atoms. The maximum Gasteiger partial charge on any atom is 0.246 e. The smallest absolute Gasteiger partial charge is 0.246 e. The van der Waals surface area contributed by atoms with Gasteiger partial charge in [-0.15, -0.1) is 0 Å². The van der Waals surface area contributed by atoms with Gasteiger partial charge in [-0.25, -0.2) is 0 Å². The number of hydrogen-bond donors (Lipinski definition) is 2. The van der Waals surface area contributed by atoms with Crippen LogP contribution in [0.5, 0.6) is 0 Å². The van der Waals surface area contributed by atoms with Gasteiger partial charge in [-0.2, -0.15) is 0 Å². The molecule has 0 saturated carbocycles. The number of carbonyl (C=O) groups is 1. The average Bonchev–Trinajstić information content (AvgIpc) is 2.04. The molecule has 1 amide bonds. The first-order valence-corrected chi connectivity index (χ1v) is 4.65. The summed E-state index contributed by atoms with van der Waals surface area (Å²) >= 11 is 4.69. The number of nitrogens with two attached hydrogens (primary N) is 1. The highest BCUT2D eigenvalue weighted by Crippen LogP contribution is 1.84. The minimum atomic E-state index is -0.271. The monoisotopic (exact) mass is 204 g/mol. The molecule has 0 fully saturated rings. The predicted octanol–water partition coefficient (Wildman–Crippen LogP) is 0.204. The highest BCUT2D eigenvalue weighted by Gasteiger charge is 2.08. The lowest BCUT2D eigenvalue weighted by atomic mass is 10.3. The lowest BCUT2D eigenvalue weighted by Gasteiger charge is -2.11. The molecule has 76 valence electrons. The van der Waals surface area contributed by atoms with E-state index in [1.807, 2.05) is 6.92 Å². The first kappa shape index (κ1) is 12.3. The zero-order valence-electron chi connectivity index (χ0n) is 8.00. The molecule has 5 heteroatoms. The molecule has 0 aliphatic heterocycles. The molecular formula is C8H16N2O2S. The van der Waals surface area contributed by atoms with Crippen molar-refractivity contribution in [2.45, 2.75) is 26.3 Å². The van der Waals surface area contributed by atoms with E-state index >= 15 is 0 Å². The summed E-state index contributed by atoms with van der Waals surface area (Å²) in [6, 6.07) is -0.271. The fourth-order valence-corrected chi connectivity index (χ4v) is 0.722. The van der Waals surface area contributed by atoms with E-state index in [0.717, 1.165) is 6.42 Å². The number of rotatable bonds is 6. The Balaban J connectivity index is 3.56. The quantitative estimate of drug-likeness (QED) is 0.479. The van der Waals surface area contributed by atoms with Crippen molar-refractivity contribution in [2.24, 2.45) is 5.73 Å². The van der Waals surface area contributed by atoms with E-state index < -0.39 is 0 Å². The summed E-state index contributed by atoms with van der Waals surface area (Å²) in [5.74, 6) is -0.186. The van der Waals surface area contributed by atoms with Crippen LogP contribution in [-0.2, 0) is 9.53 Å². The summed E-state index contributed by atoms with van der Waals surface area (Å²) in [4.78, 5) is 11.4. The van der Waals surface area contributed by atoms with Crippen LogP contribution in [0.3, 0.4) is 0 Å². The predicted molar refractivity (Wildman–Crippen MR) is 55.5 cm³/mol. The molecule has 1 unspecified atom stereocenters. The largest absolute Gasteiger partial charge is 0.392 e. The summed E-state index contributed by atoms with van der Waals surface area (Å²) < 4.78 is 5.03. The van der Waals surface area contributed by atoms with E-state index in [-0.39, 0.29) is 23.5 Å². The molecule has 0 saturated heterocycles. The van der Waals surface area contributed by atoms with Crippen LogP contribution in [0.2, 0.25) is 0 Å². The Labute approximate surface area is 83.8 Å². The molecule has 0 rings (SSSR count). The standard InChI is InChI=1S/C8H16N2O2S/c1-3-4-12-5-7(11)10-6(2)8(9)13/h6H,3-5H2,1-2H3,(H2,9,13)(H,10,11). The average molecular weight is 204 g/mol. The normalized spacial score (nSPS) is 12.2. The molecule has 0 aromatic rings. The molecule has 4 nitrogen and oxygen atoms in total. The molecule has 0 radical (unpaired) electrons. The molecule has 0 aliphatic rings. The molecule has 3 N–H and O–H groups in total. The Hall–Kier alpha value is -0.680. The van der Waals surface area contributed by atoms with E-state index in [1.54, 1.807) is 6.92 Å². The van der Waals surface area contributed by atoms with E-state index in [1.165, 1.54) is 0 Å². The highest BCUT2D eigenvalue weighted by molar-refractivity contribution is 7.80. The van der Waals surface area contributed by atoms with Crippen molar-refractivity contribution < 1.29 is 9.53 Å². The van der Waals surface area contributed by atoms with Gasteiger partial charge in [0, 0.05) is 6.61 Å². The number of nitrogens with one attached hydrogen (secondary N) is 1. The second kappa shape index (κ2) is 6.80. The number of carbonyl (C=O) groups excluding carboxylic acids is 1. The SMILES string of the molecule is CCCOCC(=O)NC(C)C(N)=S. The van der Waals surface area contributed by atoms with Crippen LogP contribution in [0.15, 0.2) is 0 Å². The minimum absolute atomic E-state index is 0.0702. The van der Waals surface area contributed by atoms with Crippen molar-refractivity contribution in [1.29, 1.82) is 0 Å². The van der Waals surface area contributed by atoms with Gasteiger partial charge in [-0.05, 0) is 13.3 Å². The lowest BCUT2D eigenvalue weighted by molar-refractivity contribution is -0.125. The van der Waals surface area contributed by atoms with Gasteiger partial charge in [0.2, 0.25) is 5.91 Å². The topological polar surface area (TPSA) is 64.3 Å². The number of ether oxygens (including phenoxy) is 1. The number of thiocarbonyl (C=S) groups is 1. The Bertz CT molecular complexity index is 185. The fourth-order valence-electron chi connectivity index (χ4n) is 0.663. The fraction of sp³-hybridized carbons (Fsp3) is 0.750. The van der Waals surface area contributed by atoms with Crippen molar-refractivity contribution >= 4 is 23.1 Å². The third-order valence-electron chi connectivity index (χ3n) is 1.39. The van der Waals surface area contributed by atoms with Crippen LogP contribution in [0.4, 0.5) is 0 Å². The van der Waals surface area contributed by atoms with Crippen molar-refractivity contribution in [1.82, 2.24) is 5.32 Å². The van der Waals surface area contributed by atoms with Gasteiger partial charge in [-0.3, -0.25) is 4.79 Å². The van der Waals surface area contributed by atoms with Crippen molar-refractivity contribution in [2.75, 3.05) is 13.2 Å². The molecule has 0 aromatic heterocycles. The van der Waals surface area contributed by atoms with Crippen LogP contribution in [-0.4, -0.2) is 30.2 Å². The highest BCUT2D eigenvalue weighted by atomic mass is 32.1. The molecular weight excluding hydrogens is 188 g/mol. The summed E-state index contributed by atoms with van der Waals surface area (Å²) in [5.41, 5.74) is 5.31. The van der Waals surface area contributed by atoms with Crippen LogP contribution < -0.4 is 11.1 Å². The van der Waals surface area contributed by atoms with Gasteiger partial charge < -0.3 is 15.8 Å². The third-order valence-corrected chi connectivity index (χ3v) is 1.74. The van der Waals surface area contributed by atoms with Crippen molar-refractivity contribution in [3.63, 3.8) is 0 Å². The van der Waals surface area contributed by atoms with E-state index in [9.17, 15) is 4.79 Å². The number of amides is 1. The molecule has 13 heavy (non-hydrogen) atoms.